The molecule has 0 aromatic heterocycles. The number of carbonyl (C=O) groups is 4. The Morgan fingerprint density at radius 2 is 1.42 bits per heavy atom. The summed E-state index contributed by atoms with van der Waals surface area (Å²) in [5.41, 5.74) is 1.88. The highest BCUT2D eigenvalue weighted by atomic mass is 16.6. The SMILES string of the molecule is C[C@@H](C(=O)O)N(CC(=O)CC(NC(=O)c1ccccc1)c1ccccc1)C(=O)OCc1ccccc1. The Morgan fingerprint density at radius 3 is 2.00 bits per heavy atom. The zero-order chi connectivity index (χ0) is 25.9. The van der Waals surface area contributed by atoms with Crippen LogP contribution in [0.2, 0.25) is 0 Å². The molecule has 186 valence electrons. The minimum absolute atomic E-state index is 0.0591. The monoisotopic (exact) mass is 488 g/mol. The second-order valence-corrected chi connectivity index (χ2v) is 8.23. The van der Waals surface area contributed by atoms with E-state index >= 15 is 0 Å². The topological polar surface area (TPSA) is 113 Å². The average molecular weight is 489 g/mol. The van der Waals surface area contributed by atoms with Crippen molar-refractivity contribution in [3.8, 4) is 0 Å². The van der Waals surface area contributed by atoms with Gasteiger partial charge in [0.25, 0.3) is 5.91 Å². The maximum absolute atomic E-state index is 13.1. The fraction of sp³-hybridized carbons (Fsp3) is 0.214. The second-order valence-electron chi connectivity index (χ2n) is 8.23. The number of ketones is 1. The molecule has 0 radical (unpaired) electrons. The molecule has 36 heavy (non-hydrogen) atoms. The maximum atomic E-state index is 13.1. The number of aliphatic carboxylic acids is 1. The van der Waals surface area contributed by atoms with Crippen molar-refractivity contribution in [1.82, 2.24) is 10.2 Å². The number of rotatable bonds is 11. The molecule has 2 amide bonds. The number of carboxylic acid groups (broad SMARTS) is 1. The Kier molecular flexibility index (Phi) is 9.33. The smallest absolute Gasteiger partial charge is 0.411 e. The Morgan fingerprint density at radius 1 is 0.861 bits per heavy atom. The van der Waals surface area contributed by atoms with E-state index in [0.717, 1.165) is 10.5 Å². The van der Waals surface area contributed by atoms with E-state index in [1.54, 1.807) is 78.9 Å². The number of Topliss-reactive ketones (excluding diaryl/α,β-unsaturated/α-hetero) is 1. The van der Waals surface area contributed by atoms with Crippen LogP contribution < -0.4 is 5.32 Å². The first-order valence-electron chi connectivity index (χ1n) is 11.5. The molecule has 3 aromatic rings. The van der Waals surface area contributed by atoms with E-state index in [4.69, 9.17) is 4.74 Å². The Hall–Kier alpha value is -4.46. The van der Waals surface area contributed by atoms with Crippen molar-refractivity contribution in [3.63, 3.8) is 0 Å². The van der Waals surface area contributed by atoms with Crippen molar-refractivity contribution >= 4 is 23.8 Å². The summed E-state index contributed by atoms with van der Waals surface area (Å²) in [5, 5.41) is 12.4. The zero-order valence-corrected chi connectivity index (χ0v) is 19.9. The summed E-state index contributed by atoms with van der Waals surface area (Å²) in [6.45, 7) is 0.771. The number of nitrogens with zero attached hydrogens (tertiary/aromatic N) is 1. The fourth-order valence-corrected chi connectivity index (χ4v) is 3.55. The number of carboxylic acids is 1. The predicted molar refractivity (Wildman–Crippen MR) is 133 cm³/mol. The Balaban J connectivity index is 1.72. The molecule has 1 unspecified atom stereocenters. The van der Waals surface area contributed by atoms with Gasteiger partial charge in [0.2, 0.25) is 0 Å². The van der Waals surface area contributed by atoms with Crippen LogP contribution >= 0.6 is 0 Å². The Labute approximate surface area is 209 Å². The van der Waals surface area contributed by atoms with Crippen LogP contribution in [0.5, 0.6) is 0 Å². The normalized spacial score (nSPS) is 12.1. The van der Waals surface area contributed by atoms with E-state index in [2.05, 4.69) is 5.32 Å². The van der Waals surface area contributed by atoms with Gasteiger partial charge in [-0.2, -0.15) is 0 Å². The summed E-state index contributed by atoms with van der Waals surface area (Å²) in [4.78, 5) is 51.1. The molecule has 2 N–H and O–H groups in total. The van der Waals surface area contributed by atoms with Crippen LogP contribution in [0.1, 0.15) is 40.9 Å². The molecule has 0 heterocycles. The number of nitrogens with one attached hydrogen (secondary N) is 1. The first kappa shape index (κ1) is 26.2. The second kappa shape index (κ2) is 12.9. The fourth-order valence-electron chi connectivity index (χ4n) is 3.55. The van der Waals surface area contributed by atoms with E-state index in [1.807, 2.05) is 12.1 Å². The van der Waals surface area contributed by atoms with Crippen LogP contribution in [-0.2, 0) is 20.9 Å². The third-order valence-electron chi connectivity index (χ3n) is 5.59. The first-order chi connectivity index (χ1) is 17.3. The molecule has 0 saturated carbocycles. The molecule has 0 fully saturated rings. The highest BCUT2D eigenvalue weighted by Gasteiger charge is 2.30. The van der Waals surface area contributed by atoms with Gasteiger partial charge in [0.15, 0.2) is 5.78 Å². The van der Waals surface area contributed by atoms with E-state index in [-0.39, 0.29) is 18.9 Å². The van der Waals surface area contributed by atoms with Gasteiger partial charge in [-0.3, -0.25) is 14.5 Å². The van der Waals surface area contributed by atoms with Crippen molar-refractivity contribution in [2.45, 2.75) is 32.0 Å². The lowest BCUT2D eigenvalue weighted by Gasteiger charge is -2.26. The third kappa shape index (κ3) is 7.53. The van der Waals surface area contributed by atoms with Crippen molar-refractivity contribution in [2.24, 2.45) is 0 Å². The standard InChI is InChI=1S/C28H28N2O6/c1-20(27(33)34)30(28(35)36-19-21-11-5-2-6-12-21)18-24(31)17-25(22-13-7-3-8-14-22)29-26(32)23-15-9-4-10-16-23/h2-16,20,25H,17-19H2,1H3,(H,29,32)(H,33,34)/t20-,25?/m0/s1. The van der Waals surface area contributed by atoms with Crippen LogP contribution in [0.25, 0.3) is 0 Å². The lowest BCUT2D eigenvalue weighted by atomic mass is 10.00. The lowest BCUT2D eigenvalue weighted by Crippen LogP contribution is -2.46. The van der Waals surface area contributed by atoms with E-state index in [1.165, 1.54) is 6.92 Å². The number of hydrogen-bond acceptors (Lipinski definition) is 5. The summed E-state index contributed by atoms with van der Waals surface area (Å²) in [6, 6.07) is 24.6. The largest absolute Gasteiger partial charge is 0.480 e. The quantitative estimate of drug-likeness (QED) is 0.418. The third-order valence-corrected chi connectivity index (χ3v) is 5.59. The number of amides is 2. The molecule has 0 spiro atoms. The lowest BCUT2D eigenvalue weighted by molar-refractivity contribution is -0.142. The molecular weight excluding hydrogens is 460 g/mol. The van der Waals surface area contributed by atoms with Crippen LogP contribution in [0.15, 0.2) is 91.0 Å². The van der Waals surface area contributed by atoms with Crippen molar-refractivity contribution < 1.29 is 29.0 Å². The number of ether oxygens (including phenoxy) is 1. The zero-order valence-electron chi connectivity index (χ0n) is 19.9. The van der Waals surface area contributed by atoms with Gasteiger partial charge in [0.1, 0.15) is 12.6 Å². The van der Waals surface area contributed by atoms with Crippen molar-refractivity contribution in [2.75, 3.05) is 6.54 Å². The maximum Gasteiger partial charge on any atom is 0.411 e. The molecule has 0 aliphatic heterocycles. The van der Waals surface area contributed by atoms with E-state index in [0.29, 0.717) is 11.1 Å². The number of carbonyl (C=O) groups excluding carboxylic acids is 3. The minimum atomic E-state index is -1.29. The van der Waals surface area contributed by atoms with E-state index in [9.17, 15) is 24.3 Å². The highest BCUT2D eigenvalue weighted by Crippen LogP contribution is 2.19. The van der Waals surface area contributed by atoms with Crippen LogP contribution in [0.3, 0.4) is 0 Å². The predicted octanol–water partition coefficient (Wildman–Crippen LogP) is 4.23. The van der Waals surface area contributed by atoms with Crippen molar-refractivity contribution in [3.05, 3.63) is 108 Å². The summed E-state index contributed by atoms with van der Waals surface area (Å²) in [5.74, 6) is -2.05. The van der Waals surface area contributed by atoms with E-state index < -0.39 is 36.5 Å². The van der Waals surface area contributed by atoms with Crippen LogP contribution in [-0.4, -0.2) is 46.3 Å². The molecular formula is C28H28N2O6. The van der Waals surface area contributed by atoms with Crippen molar-refractivity contribution in [1.29, 1.82) is 0 Å². The van der Waals surface area contributed by atoms with Gasteiger partial charge >= 0.3 is 12.1 Å². The molecule has 8 heteroatoms. The number of hydrogen-bond donors (Lipinski definition) is 2. The summed E-state index contributed by atoms with van der Waals surface area (Å²) < 4.78 is 5.28. The van der Waals surface area contributed by atoms with Gasteiger partial charge in [-0.25, -0.2) is 9.59 Å². The van der Waals surface area contributed by atoms with Crippen LogP contribution in [0, 0.1) is 0 Å². The first-order valence-corrected chi connectivity index (χ1v) is 11.5. The van der Waals surface area contributed by atoms with Gasteiger partial charge in [-0.05, 0) is 30.2 Å². The molecule has 0 aliphatic rings. The van der Waals surface area contributed by atoms with Gasteiger partial charge < -0.3 is 15.2 Å². The molecule has 0 bridgehead atoms. The molecule has 0 aliphatic carbocycles. The Bertz CT molecular complexity index is 1170. The highest BCUT2D eigenvalue weighted by molar-refractivity contribution is 5.95. The molecule has 2 atom stereocenters. The summed E-state index contributed by atoms with van der Waals surface area (Å²) >= 11 is 0. The summed E-state index contributed by atoms with van der Waals surface area (Å²) in [7, 11) is 0. The number of benzene rings is 3. The molecule has 3 aromatic carbocycles. The van der Waals surface area contributed by atoms with Gasteiger partial charge in [0.05, 0.1) is 12.6 Å². The van der Waals surface area contributed by atoms with Gasteiger partial charge in [-0.15, -0.1) is 0 Å². The minimum Gasteiger partial charge on any atom is -0.480 e. The molecule has 8 nitrogen and oxygen atoms in total. The molecule has 3 rings (SSSR count). The summed E-state index contributed by atoms with van der Waals surface area (Å²) in [6.07, 6.45) is -1.05. The van der Waals surface area contributed by atoms with Crippen LogP contribution in [0.4, 0.5) is 4.79 Å². The average Bonchev–Trinajstić information content (AvgIpc) is 2.91. The molecule has 0 saturated heterocycles. The van der Waals surface area contributed by atoms with Gasteiger partial charge in [0, 0.05) is 12.0 Å². The van der Waals surface area contributed by atoms with Gasteiger partial charge in [-0.1, -0.05) is 78.9 Å².